The Labute approximate surface area is 104 Å². The summed E-state index contributed by atoms with van der Waals surface area (Å²) < 4.78 is 6.04. The molecular weight excluding hydrogens is 210 g/mol. The lowest BCUT2D eigenvalue weighted by molar-refractivity contribution is 0.138. The van der Waals surface area contributed by atoms with E-state index in [9.17, 15) is 0 Å². The summed E-state index contributed by atoms with van der Waals surface area (Å²) in [5, 5.41) is 3.16. The topological polar surface area (TPSA) is 21.3 Å². The van der Waals surface area contributed by atoms with Gasteiger partial charge in [0.25, 0.3) is 0 Å². The normalized spacial score (nSPS) is 17.8. The Morgan fingerprint density at radius 3 is 2.94 bits per heavy atom. The molecule has 2 heteroatoms. The zero-order valence-corrected chi connectivity index (χ0v) is 11.1. The first-order valence-corrected chi connectivity index (χ1v) is 6.14. The van der Waals surface area contributed by atoms with Crippen molar-refractivity contribution in [3.63, 3.8) is 0 Å². The van der Waals surface area contributed by atoms with Gasteiger partial charge in [-0.1, -0.05) is 29.8 Å². The maximum Gasteiger partial charge on any atom is 0.130 e. The van der Waals surface area contributed by atoms with Crippen LogP contribution in [0.15, 0.2) is 23.8 Å². The number of hydrogen-bond donors (Lipinski definition) is 1. The molecule has 1 aliphatic rings. The predicted molar refractivity (Wildman–Crippen MR) is 72.4 cm³/mol. The minimum absolute atomic E-state index is 0.0663. The average molecular weight is 231 g/mol. The van der Waals surface area contributed by atoms with E-state index in [4.69, 9.17) is 4.74 Å². The molecule has 0 spiro atoms. The summed E-state index contributed by atoms with van der Waals surface area (Å²) in [5.41, 5.74) is 3.76. The first-order chi connectivity index (χ1) is 8.02. The summed E-state index contributed by atoms with van der Waals surface area (Å²) >= 11 is 0. The minimum atomic E-state index is -0.0663. The van der Waals surface area contributed by atoms with Gasteiger partial charge in [0.1, 0.15) is 11.4 Å². The lowest BCUT2D eigenvalue weighted by Gasteiger charge is -2.17. The maximum absolute atomic E-state index is 6.04. The van der Waals surface area contributed by atoms with Crippen LogP contribution in [0.2, 0.25) is 0 Å². The molecule has 1 aliphatic heterocycles. The molecule has 0 aliphatic carbocycles. The van der Waals surface area contributed by atoms with E-state index >= 15 is 0 Å². The van der Waals surface area contributed by atoms with E-state index in [1.54, 1.807) is 0 Å². The third-order valence-electron chi connectivity index (χ3n) is 2.98. The predicted octanol–water partition coefficient (Wildman–Crippen LogP) is 3.02. The molecule has 2 rings (SSSR count). The molecule has 0 aromatic heterocycles. The highest BCUT2D eigenvalue weighted by atomic mass is 16.5. The zero-order chi connectivity index (χ0) is 12.5. The number of ether oxygens (including phenoxy) is 1. The fourth-order valence-corrected chi connectivity index (χ4v) is 2.35. The molecule has 0 atom stereocenters. The van der Waals surface area contributed by atoms with Crippen LogP contribution in [0.1, 0.15) is 31.9 Å². The van der Waals surface area contributed by atoms with Crippen molar-refractivity contribution in [2.75, 3.05) is 13.6 Å². The summed E-state index contributed by atoms with van der Waals surface area (Å²) in [6.07, 6.45) is 3.20. The van der Waals surface area contributed by atoms with Crippen LogP contribution >= 0.6 is 0 Å². The van der Waals surface area contributed by atoms with Gasteiger partial charge in [-0.15, -0.1) is 0 Å². The molecule has 0 fully saturated rings. The van der Waals surface area contributed by atoms with Crippen molar-refractivity contribution in [1.29, 1.82) is 0 Å². The van der Waals surface area contributed by atoms with E-state index in [1.807, 2.05) is 7.05 Å². The molecule has 1 heterocycles. The highest BCUT2D eigenvalue weighted by Gasteiger charge is 2.30. The average Bonchev–Trinajstić information content (AvgIpc) is 2.53. The van der Waals surface area contributed by atoms with E-state index in [1.165, 1.54) is 16.7 Å². The molecule has 1 aromatic carbocycles. The first kappa shape index (κ1) is 12.2. The number of likely N-dealkylation sites (N-methyl/N-ethyl adjacent to an activating group) is 1. The fraction of sp³-hybridized carbons (Fsp3) is 0.467. The molecule has 0 saturated heterocycles. The SMILES string of the molecule is CNCC(C)=Cc1cccc2c1OC(C)(C)C2. The number of nitrogens with one attached hydrogen (secondary N) is 1. The zero-order valence-electron chi connectivity index (χ0n) is 11.1. The van der Waals surface area contributed by atoms with Crippen LogP contribution in [0.25, 0.3) is 6.08 Å². The Hall–Kier alpha value is -1.28. The quantitative estimate of drug-likeness (QED) is 0.863. The molecule has 1 aromatic rings. The summed E-state index contributed by atoms with van der Waals surface area (Å²) in [5.74, 6) is 1.06. The number of hydrogen-bond acceptors (Lipinski definition) is 2. The Morgan fingerprint density at radius 1 is 1.47 bits per heavy atom. The first-order valence-electron chi connectivity index (χ1n) is 6.14. The molecule has 17 heavy (non-hydrogen) atoms. The van der Waals surface area contributed by atoms with Crippen LogP contribution in [-0.2, 0) is 6.42 Å². The monoisotopic (exact) mass is 231 g/mol. The molecule has 0 unspecified atom stereocenters. The lowest BCUT2D eigenvalue weighted by Crippen LogP contribution is -2.24. The van der Waals surface area contributed by atoms with E-state index in [0.717, 1.165) is 18.7 Å². The maximum atomic E-state index is 6.04. The van der Waals surface area contributed by atoms with Crippen molar-refractivity contribution in [3.05, 3.63) is 34.9 Å². The number of para-hydroxylation sites is 1. The summed E-state index contributed by atoms with van der Waals surface area (Å²) in [6, 6.07) is 6.40. The van der Waals surface area contributed by atoms with E-state index in [-0.39, 0.29) is 5.60 Å². The second kappa shape index (κ2) is 4.53. The molecule has 0 saturated carbocycles. The Bertz CT molecular complexity index is 446. The Morgan fingerprint density at radius 2 is 2.24 bits per heavy atom. The number of fused-ring (bicyclic) bond motifs is 1. The second-order valence-electron chi connectivity index (χ2n) is 5.40. The Kier molecular flexibility index (Phi) is 3.25. The van der Waals surface area contributed by atoms with Crippen LogP contribution in [0.5, 0.6) is 5.75 Å². The standard InChI is InChI=1S/C15H21NO/c1-11(10-16-4)8-12-6-5-7-13-9-15(2,3)17-14(12)13/h5-8,16H,9-10H2,1-4H3. The van der Waals surface area contributed by atoms with Crippen molar-refractivity contribution < 1.29 is 4.74 Å². The second-order valence-corrected chi connectivity index (χ2v) is 5.40. The van der Waals surface area contributed by atoms with Gasteiger partial charge in [-0.3, -0.25) is 0 Å². The van der Waals surface area contributed by atoms with E-state index in [0.29, 0.717) is 0 Å². The smallest absolute Gasteiger partial charge is 0.130 e. The third-order valence-corrected chi connectivity index (χ3v) is 2.98. The van der Waals surface area contributed by atoms with Crippen molar-refractivity contribution >= 4 is 6.08 Å². The molecule has 1 N–H and O–H groups in total. The van der Waals surface area contributed by atoms with Gasteiger partial charge in [0.05, 0.1) is 0 Å². The van der Waals surface area contributed by atoms with Gasteiger partial charge in [0, 0.05) is 18.5 Å². The molecule has 0 radical (unpaired) electrons. The van der Waals surface area contributed by atoms with Crippen molar-refractivity contribution in [1.82, 2.24) is 5.32 Å². The largest absolute Gasteiger partial charge is 0.487 e. The summed E-state index contributed by atoms with van der Waals surface area (Å²) in [4.78, 5) is 0. The minimum Gasteiger partial charge on any atom is -0.487 e. The summed E-state index contributed by atoms with van der Waals surface area (Å²) in [6.45, 7) is 7.32. The van der Waals surface area contributed by atoms with Gasteiger partial charge in [-0.2, -0.15) is 0 Å². The highest BCUT2D eigenvalue weighted by molar-refractivity contribution is 5.63. The molecular formula is C15H21NO. The van der Waals surface area contributed by atoms with Crippen LogP contribution in [0.3, 0.4) is 0 Å². The fourth-order valence-electron chi connectivity index (χ4n) is 2.35. The van der Waals surface area contributed by atoms with Crippen molar-refractivity contribution in [3.8, 4) is 5.75 Å². The van der Waals surface area contributed by atoms with E-state index < -0.39 is 0 Å². The highest BCUT2D eigenvalue weighted by Crippen LogP contribution is 2.38. The summed E-state index contributed by atoms with van der Waals surface area (Å²) in [7, 11) is 1.96. The molecule has 0 amide bonds. The van der Waals surface area contributed by atoms with Crippen LogP contribution < -0.4 is 10.1 Å². The molecule has 0 bridgehead atoms. The van der Waals surface area contributed by atoms with Crippen LogP contribution in [0, 0.1) is 0 Å². The number of rotatable bonds is 3. The van der Waals surface area contributed by atoms with Gasteiger partial charge >= 0.3 is 0 Å². The molecule has 2 nitrogen and oxygen atoms in total. The van der Waals surface area contributed by atoms with Gasteiger partial charge in [-0.25, -0.2) is 0 Å². The van der Waals surface area contributed by atoms with Gasteiger partial charge in [0.2, 0.25) is 0 Å². The van der Waals surface area contributed by atoms with E-state index in [2.05, 4.69) is 50.4 Å². The van der Waals surface area contributed by atoms with Gasteiger partial charge < -0.3 is 10.1 Å². The third kappa shape index (κ3) is 2.70. The van der Waals surface area contributed by atoms with Crippen molar-refractivity contribution in [2.24, 2.45) is 0 Å². The number of benzene rings is 1. The van der Waals surface area contributed by atoms with Crippen LogP contribution in [-0.4, -0.2) is 19.2 Å². The van der Waals surface area contributed by atoms with Crippen LogP contribution in [0.4, 0.5) is 0 Å². The van der Waals surface area contributed by atoms with Gasteiger partial charge in [-0.05, 0) is 33.4 Å². The van der Waals surface area contributed by atoms with Gasteiger partial charge in [0.15, 0.2) is 0 Å². The lowest BCUT2D eigenvalue weighted by atomic mass is 10.00. The van der Waals surface area contributed by atoms with Crippen molar-refractivity contribution in [2.45, 2.75) is 32.8 Å². The Balaban J connectivity index is 2.33. The molecule has 92 valence electrons.